The second-order valence-electron chi connectivity index (χ2n) is 13.3. The number of carbonyl (C=O) groups is 3. The van der Waals surface area contributed by atoms with E-state index in [9.17, 15) is 48.0 Å². The maximum absolute atomic E-state index is 14.9. The van der Waals surface area contributed by atoms with Crippen molar-refractivity contribution in [2.24, 2.45) is 29.4 Å². The molecule has 1 aromatic rings. The lowest BCUT2D eigenvalue weighted by atomic mass is 9.57. The third kappa shape index (κ3) is 4.80. The van der Waals surface area contributed by atoms with E-state index in [1.165, 1.54) is 19.0 Å². The minimum atomic E-state index is -4.86. The summed E-state index contributed by atoms with van der Waals surface area (Å²) >= 11 is 0. The number of halogens is 3. The van der Waals surface area contributed by atoms with Gasteiger partial charge in [-0.15, -0.1) is 0 Å². The Morgan fingerprint density at radius 3 is 2.16 bits per heavy atom. The number of ketones is 2. The van der Waals surface area contributed by atoms with Crippen LogP contribution in [0.15, 0.2) is 23.0 Å². The molecular weight excluding hydrogens is 583 g/mol. The zero-order valence-corrected chi connectivity index (χ0v) is 24.4. The smallest absolute Gasteiger partial charge is 0.417 e. The molecule has 0 unspecified atom stereocenters. The summed E-state index contributed by atoms with van der Waals surface area (Å²) in [5.74, 6) is -8.02. The van der Waals surface area contributed by atoms with Crippen molar-refractivity contribution in [3.05, 3.63) is 45.2 Å². The molecule has 0 bridgehead atoms. The van der Waals surface area contributed by atoms with Crippen LogP contribution in [0.5, 0.6) is 5.75 Å². The summed E-state index contributed by atoms with van der Waals surface area (Å²) in [5.41, 5.74) is -1.03. The van der Waals surface area contributed by atoms with Gasteiger partial charge in [-0.1, -0.05) is 0 Å². The number of carbonyl (C=O) groups excluding carboxylic acids is 3. The summed E-state index contributed by atoms with van der Waals surface area (Å²) < 4.78 is 44.6. The minimum Gasteiger partial charge on any atom is -0.508 e. The zero-order valence-electron chi connectivity index (χ0n) is 24.4. The maximum Gasteiger partial charge on any atom is 0.417 e. The van der Waals surface area contributed by atoms with Crippen molar-refractivity contribution in [1.82, 2.24) is 9.80 Å². The quantitative estimate of drug-likeness (QED) is 0.275. The van der Waals surface area contributed by atoms with Gasteiger partial charge in [-0.2, -0.15) is 13.2 Å². The summed E-state index contributed by atoms with van der Waals surface area (Å²) in [6, 6.07) is -0.340. The number of primary amides is 1. The number of fused-ring (bicyclic) bond motifs is 3. The summed E-state index contributed by atoms with van der Waals surface area (Å²) in [6.07, 6.45) is -1.48. The summed E-state index contributed by atoms with van der Waals surface area (Å²) in [5, 5.41) is 45.1. The van der Waals surface area contributed by atoms with Gasteiger partial charge >= 0.3 is 6.18 Å². The number of aromatic hydroxyl groups is 1. The number of phenolic OH excluding ortho intramolecular Hbond substituents is 1. The van der Waals surface area contributed by atoms with Gasteiger partial charge < -0.3 is 26.2 Å². The van der Waals surface area contributed by atoms with Gasteiger partial charge in [0.1, 0.15) is 22.8 Å². The highest BCUT2D eigenvalue weighted by Crippen LogP contribution is 2.54. The summed E-state index contributed by atoms with van der Waals surface area (Å²) in [6.45, 7) is 1.27. The predicted octanol–water partition coefficient (Wildman–Crippen LogP) is 2.60. The fraction of sp³-hybridized carbons (Fsp3) is 0.581. The highest BCUT2D eigenvalue weighted by Gasteiger charge is 2.64. The standard InChI is InChI=1S/C31H36F3N3O7/c1-36(2)24-18-8-15-7-17-21(25(39)20(15)27(41)30(18,44)28(42)22(26(24)40)29(35)43)19(38)9-16(23(17)31(32,33)34)12-37(10-13-3-4-13)11-14-5-6-14/h9,13-15,18,24,38-39,42,44H,3-8,10-12H2,1-2H3,(H2,35,43)/t15-,18-,24-,30-/m0/s1. The number of aliphatic hydroxyl groups excluding tert-OH is 2. The van der Waals surface area contributed by atoms with Crippen molar-refractivity contribution in [2.45, 2.75) is 62.9 Å². The largest absolute Gasteiger partial charge is 0.508 e. The number of hydrogen-bond donors (Lipinski definition) is 5. The number of Topliss-reactive ketones (excluding diaryl/α,β-unsaturated/α-hetero) is 2. The predicted molar refractivity (Wildman–Crippen MR) is 150 cm³/mol. The van der Waals surface area contributed by atoms with Crippen LogP contribution in [0.1, 0.15) is 54.4 Å². The number of nitrogens with zero attached hydrogens (tertiary/aromatic N) is 2. The number of phenols is 1. The summed E-state index contributed by atoms with van der Waals surface area (Å²) in [4.78, 5) is 42.7. The molecule has 0 aliphatic heterocycles. The molecular formula is C31H36F3N3O7. The molecule has 5 aliphatic carbocycles. The lowest BCUT2D eigenvalue weighted by molar-refractivity contribution is -0.153. The molecule has 1 amide bonds. The Balaban J connectivity index is 1.49. The van der Waals surface area contributed by atoms with E-state index in [0.29, 0.717) is 24.9 Å². The van der Waals surface area contributed by atoms with Crippen LogP contribution in [-0.2, 0) is 33.5 Å². The molecule has 13 heteroatoms. The van der Waals surface area contributed by atoms with Gasteiger partial charge in [0.05, 0.1) is 17.2 Å². The summed E-state index contributed by atoms with van der Waals surface area (Å²) in [7, 11) is 2.91. The number of hydrogen-bond acceptors (Lipinski definition) is 9. The van der Waals surface area contributed by atoms with Crippen LogP contribution in [-0.4, -0.2) is 86.5 Å². The van der Waals surface area contributed by atoms with Gasteiger partial charge in [-0.25, -0.2) is 0 Å². The lowest BCUT2D eigenvalue weighted by Crippen LogP contribution is -2.65. The molecule has 3 saturated carbocycles. The molecule has 44 heavy (non-hydrogen) atoms. The first-order valence-electron chi connectivity index (χ1n) is 14.9. The minimum absolute atomic E-state index is 0.0439. The van der Waals surface area contributed by atoms with Crippen LogP contribution in [0.25, 0.3) is 5.76 Å². The molecule has 0 spiro atoms. The topological polar surface area (TPSA) is 165 Å². The number of amides is 1. The third-order valence-electron chi connectivity index (χ3n) is 9.91. The van der Waals surface area contributed by atoms with E-state index in [2.05, 4.69) is 0 Å². The van der Waals surface area contributed by atoms with Crippen molar-refractivity contribution in [2.75, 3.05) is 27.2 Å². The third-order valence-corrected chi connectivity index (χ3v) is 9.91. The second-order valence-corrected chi connectivity index (χ2v) is 13.3. The number of alkyl halides is 3. The second kappa shape index (κ2) is 10.3. The molecule has 1 aromatic carbocycles. The van der Waals surface area contributed by atoms with E-state index >= 15 is 0 Å². The average molecular weight is 620 g/mol. The Kier molecular flexibility index (Phi) is 7.17. The highest BCUT2D eigenvalue weighted by molar-refractivity contribution is 6.24. The van der Waals surface area contributed by atoms with Crippen LogP contribution in [0.2, 0.25) is 0 Å². The highest BCUT2D eigenvalue weighted by atomic mass is 19.4. The lowest BCUT2D eigenvalue weighted by Gasteiger charge is -2.50. The molecule has 4 atom stereocenters. The van der Waals surface area contributed by atoms with Gasteiger partial charge in [0, 0.05) is 31.1 Å². The maximum atomic E-state index is 14.9. The monoisotopic (exact) mass is 619 g/mol. The van der Waals surface area contributed by atoms with Crippen LogP contribution in [0.4, 0.5) is 13.2 Å². The first-order chi connectivity index (χ1) is 20.5. The number of likely N-dealkylation sites (N-methyl/N-ethyl adjacent to an activating group) is 1. The molecule has 238 valence electrons. The van der Waals surface area contributed by atoms with Crippen LogP contribution in [0, 0.1) is 23.7 Å². The van der Waals surface area contributed by atoms with E-state index < -0.39 is 93.1 Å². The molecule has 0 aromatic heterocycles. The average Bonchev–Trinajstić information content (AvgIpc) is 3.82. The first kappa shape index (κ1) is 30.6. The van der Waals surface area contributed by atoms with Crippen molar-refractivity contribution in [3.63, 3.8) is 0 Å². The Hall–Kier alpha value is -3.42. The van der Waals surface area contributed by atoms with Gasteiger partial charge in [-0.3, -0.25) is 24.2 Å². The first-order valence-corrected chi connectivity index (χ1v) is 14.9. The Bertz CT molecular complexity index is 1510. The molecule has 6 N–H and O–H groups in total. The molecule has 10 nitrogen and oxygen atoms in total. The van der Waals surface area contributed by atoms with Gasteiger partial charge in [0.25, 0.3) is 5.91 Å². The van der Waals surface area contributed by atoms with Gasteiger partial charge in [0.2, 0.25) is 5.78 Å². The van der Waals surface area contributed by atoms with E-state index in [-0.39, 0.29) is 24.1 Å². The molecule has 0 radical (unpaired) electrons. The fourth-order valence-corrected chi connectivity index (χ4v) is 7.64. The van der Waals surface area contributed by atoms with Gasteiger partial charge in [0.15, 0.2) is 11.4 Å². The number of aliphatic hydroxyl groups is 3. The number of benzene rings is 1. The Labute approximate surface area is 251 Å². The molecule has 5 aliphatic rings. The normalized spacial score (nSPS) is 28.9. The van der Waals surface area contributed by atoms with Crippen molar-refractivity contribution in [1.29, 1.82) is 0 Å². The van der Waals surface area contributed by atoms with E-state index in [0.717, 1.165) is 31.7 Å². The molecule has 3 fully saturated rings. The van der Waals surface area contributed by atoms with E-state index in [4.69, 9.17) is 5.73 Å². The molecule has 0 heterocycles. The van der Waals surface area contributed by atoms with Crippen LogP contribution >= 0.6 is 0 Å². The van der Waals surface area contributed by atoms with E-state index in [1.54, 1.807) is 0 Å². The SMILES string of the molecule is CN(C)[C@@H]1C(=O)C(C(N)=O)=C(O)[C@@]2(O)C(=O)C3=C(O)c4c(O)cc(CN(CC5CC5)CC5CC5)c(C(F)(F)F)c4C[C@H]3C[C@@H]12. The Morgan fingerprint density at radius 1 is 1.07 bits per heavy atom. The van der Waals surface area contributed by atoms with Crippen molar-refractivity contribution < 1.29 is 48.0 Å². The molecule has 0 saturated heterocycles. The van der Waals surface area contributed by atoms with Crippen LogP contribution < -0.4 is 5.73 Å². The van der Waals surface area contributed by atoms with Crippen molar-refractivity contribution >= 4 is 23.2 Å². The van der Waals surface area contributed by atoms with Gasteiger partial charge in [-0.05, 0) is 87.6 Å². The van der Waals surface area contributed by atoms with Crippen molar-refractivity contribution in [3.8, 4) is 5.75 Å². The van der Waals surface area contributed by atoms with E-state index in [1.807, 2.05) is 4.90 Å². The fourth-order valence-electron chi connectivity index (χ4n) is 7.64. The Morgan fingerprint density at radius 2 is 1.66 bits per heavy atom. The number of nitrogens with two attached hydrogens (primary N) is 1. The number of rotatable bonds is 8. The molecule has 6 rings (SSSR count). The zero-order chi connectivity index (χ0) is 32.0. The van der Waals surface area contributed by atoms with Crippen LogP contribution in [0.3, 0.4) is 0 Å².